The molecule has 0 aliphatic rings. The van der Waals surface area contributed by atoms with Crippen LogP contribution < -0.4 is 5.32 Å². The Labute approximate surface area is 123 Å². The molecule has 110 valence electrons. The molecule has 1 aromatic heterocycles. The fourth-order valence-corrected chi connectivity index (χ4v) is 1.68. The second kappa shape index (κ2) is 7.28. The van der Waals surface area contributed by atoms with E-state index in [4.69, 9.17) is 9.15 Å². The summed E-state index contributed by atoms with van der Waals surface area (Å²) in [5.41, 5.74) is 1.66. The predicted molar refractivity (Wildman–Crippen MR) is 80.1 cm³/mol. The Bertz CT molecular complexity index is 601. The van der Waals surface area contributed by atoms with Crippen LogP contribution in [0.1, 0.15) is 28.6 Å². The van der Waals surface area contributed by atoms with Gasteiger partial charge < -0.3 is 9.15 Å². The summed E-state index contributed by atoms with van der Waals surface area (Å²) < 4.78 is 10.5. The minimum atomic E-state index is -0.248. The molecule has 0 bridgehead atoms. The molecule has 0 unspecified atom stereocenters. The van der Waals surface area contributed by atoms with E-state index in [9.17, 15) is 4.79 Å². The molecule has 0 saturated carbocycles. The second-order valence-corrected chi connectivity index (χ2v) is 4.45. The Balaban J connectivity index is 2.03. The highest BCUT2D eigenvalue weighted by atomic mass is 16.5. The van der Waals surface area contributed by atoms with E-state index in [1.54, 1.807) is 24.5 Å². The lowest BCUT2D eigenvalue weighted by Gasteiger charge is -2.09. The SMILES string of the molecule is CCOC(=NCc1ccco1)NC(=O)c1ccc(C)cc1. The highest BCUT2D eigenvalue weighted by molar-refractivity contribution is 6.04. The van der Waals surface area contributed by atoms with Crippen LogP contribution in [-0.4, -0.2) is 18.5 Å². The van der Waals surface area contributed by atoms with E-state index < -0.39 is 0 Å². The molecule has 1 aromatic carbocycles. The van der Waals surface area contributed by atoms with Crippen LogP contribution in [0.25, 0.3) is 0 Å². The molecule has 0 aliphatic carbocycles. The number of furan rings is 1. The number of nitrogens with one attached hydrogen (secondary N) is 1. The van der Waals surface area contributed by atoms with Gasteiger partial charge in [-0.15, -0.1) is 0 Å². The molecule has 0 fully saturated rings. The standard InChI is InChI=1S/C16H18N2O3/c1-3-20-16(17-11-14-5-4-10-21-14)18-15(19)13-8-6-12(2)7-9-13/h4-10H,3,11H2,1-2H3,(H,17,18,19). The summed E-state index contributed by atoms with van der Waals surface area (Å²) in [7, 11) is 0. The quantitative estimate of drug-likeness (QED) is 0.694. The molecule has 1 N–H and O–H groups in total. The van der Waals surface area contributed by atoms with E-state index in [1.807, 2.05) is 32.0 Å². The molecule has 1 heterocycles. The maximum Gasteiger partial charge on any atom is 0.292 e. The van der Waals surface area contributed by atoms with Crippen molar-refractivity contribution >= 4 is 11.9 Å². The first-order valence-corrected chi connectivity index (χ1v) is 6.76. The van der Waals surface area contributed by atoms with Gasteiger partial charge in [0.25, 0.3) is 11.9 Å². The third-order valence-corrected chi connectivity index (χ3v) is 2.77. The molecule has 0 saturated heterocycles. The van der Waals surface area contributed by atoms with E-state index in [1.165, 1.54) is 0 Å². The summed E-state index contributed by atoms with van der Waals surface area (Å²) >= 11 is 0. The molecule has 0 radical (unpaired) electrons. The Kier molecular flexibility index (Phi) is 5.15. The fraction of sp³-hybridized carbons (Fsp3) is 0.250. The van der Waals surface area contributed by atoms with Gasteiger partial charge in [0.05, 0.1) is 12.9 Å². The van der Waals surface area contributed by atoms with Crippen LogP contribution in [0, 0.1) is 6.92 Å². The number of aryl methyl sites for hydroxylation is 1. The van der Waals surface area contributed by atoms with Crippen molar-refractivity contribution in [2.24, 2.45) is 4.99 Å². The van der Waals surface area contributed by atoms with Gasteiger partial charge in [0, 0.05) is 5.56 Å². The summed E-state index contributed by atoms with van der Waals surface area (Å²) in [4.78, 5) is 16.3. The first-order chi connectivity index (χ1) is 10.2. The zero-order valence-corrected chi connectivity index (χ0v) is 12.1. The van der Waals surface area contributed by atoms with Crippen molar-refractivity contribution in [2.45, 2.75) is 20.4 Å². The van der Waals surface area contributed by atoms with Crippen LogP contribution in [0.15, 0.2) is 52.1 Å². The van der Waals surface area contributed by atoms with Crippen molar-refractivity contribution in [1.29, 1.82) is 0 Å². The first-order valence-electron chi connectivity index (χ1n) is 6.76. The van der Waals surface area contributed by atoms with Crippen molar-refractivity contribution in [2.75, 3.05) is 6.61 Å². The molecule has 5 heteroatoms. The monoisotopic (exact) mass is 286 g/mol. The Hall–Kier alpha value is -2.56. The summed E-state index contributed by atoms with van der Waals surface area (Å²) in [6, 6.07) is 11.1. The molecular weight excluding hydrogens is 268 g/mol. The predicted octanol–water partition coefficient (Wildman–Crippen LogP) is 2.91. The lowest BCUT2D eigenvalue weighted by Crippen LogP contribution is -2.32. The zero-order valence-electron chi connectivity index (χ0n) is 12.1. The minimum absolute atomic E-state index is 0.194. The maximum absolute atomic E-state index is 12.1. The van der Waals surface area contributed by atoms with E-state index in [2.05, 4.69) is 10.3 Å². The third kappa shape index (κ3) is 4.49. The molecule has 0 spiro atoms. The topological polar surface area (TPSA) is 63.8 Å². The van der Waals surface area contributed by atoms with Crippen LogP contribution in [0.3, 0.4) is 0 Å². The Morgan fingerprint density at radius 3 is 2.67 bits per heavy atom. The number of benzene rings is 1. The Morgan fingerprint density at radius 2 is 2.05 bits per heavy atom. The number of amides is 1. The van der Waals surface area contributed by atoms with Crippen molar-refractivity contribution in [3.63, 3.8) is 0 Å². The van der Waals surface area contributed by atoms with Crippen molar-refractivity contribution in [1.82, 2.24) is 5.32 Å². The normalized spacial score (nSPS) is 11.2. The third-order valence-electron chi connectivity index (χ3n) is 2.77. The van der Waals surface area contributed by atoms with E-state index in [0.29, 0.717) is 24.5 Å². The molecule has 5 nitrogen and oxygen atoms in total. The lowest BCUT2D eigenvalue weighted by atomic mass is 10.1. The molecule has 21 heavy (non-hydrogen) atoms. The van der Waals surface area contributed by atoms with Crippen molar-refractivity contribution in [3.05, 3.63) is 59.5 Å². The van der Waals surface area contributed by atoms with Gasteiger partial charge in [-0.05, 0) is 38.1 Å². The number of aliphatic imine (C=N–C) groups is 1. The number of carbonyl (C=O) groups excluding carboxylic acids is 1. The van der Waals surface area contributed by atoms with Crippen LogP contribution >= 0.6 is 0 Å². The number of carbonyl (C=O) groups is 1. The largest absolute Gasteiger partial charge is 0.467 e. The number of ether oxygens (including phenoxy) is 1. The lowest BCUT2D eigenvalue weighted by molar-refractivity contribution is 0.0966. The second-order valence-electron chi connectivity index (χ2n) is 4.45. The molecule has 0 atom stereocenters. The van der Waals surface area contributed by atoms with Gasteiger partial charge in [-0.2, -0.15) is 0 Å². The van der Waals surface area contributed by atoms with Gasteiger partial charge >= 0.3 is 0 Å². The minimum Gasteiger partial charge on any atom is -0.467 e. The number of nitrogens with zero attached hydrogens (tertiary/aromatic N) is 1. The molecule has 1 amide bonds. The molecule has 2 aromatic rings. The number of amidine groups is 1. The van der Waals surface area contributed by atoms with E-state index >= 15 is 0 Å². The van der Waals surface area contributed by atoms with Gasteiger partial charge in [0.15, 0.2) is 0 Å². The summed E-state index contributed by atoms with van der Waals surface area (Å²) in [6.07, 6.45) is 1.58. The number of hydrogen-bond acceptors (Lipinski definition) is 4. The summed E-state index contributed by atoms with van der Waals surface area (Å²) in [5, 5.41) is 2.66. The van der Waals surface area contributed by atoms with Gasteiger partial charge in [-0.1, -0.05) is 17.7 Å². The average Bonchev–Trinajstić information content (AvgIpc) is 2.99. The maximum atomic E-state index is 12.1. The van der Waals surface area contributed by atoms with E-state index in [-0.39, 0.29) is 11.9 Å². The van der Waals surface area contributed by atoms with Crippen LogP contribution in [0.2, 0.25) is 0 Å². The van der Waals surface area contributed by atoms with Gasteiger partial charge in [0.1, 0.15) is 12.3 Å². The molecular formula is C16H18N2O3. The fourth-order valence-electron chi connectivity index (χ4n) is 1.68. The highest BCUT2D eigenvalue weighted by Crippen LogP contribution is 2.04. The van der Waals surface area contributed by atoms with Crippen molar-refractivity contribution in [3.8, 4) is 0 Å². The Morgan fingerprint density at radius 1 is 1.29 bits per heavy atom. The van der Waals surface area contributed by atoms with E-state index in [0.717, 1.165) is 5.56 Å². The van der Waals surface area contributed by atoms with Crippen LogP contribution in [-0.2, 0) is 11.3 Å². The smallest absolute Gasteiger partial charge is 0.292 e. The van der Waals surface area contributed by atoms with Crippen LogP contribution in [0.5, 0.6) is 0 Å². The van der Waals surface area contributed by atoms with Gasteiger partial charge in [-0.3, -0.25) is 10.1 Å². The number of hydrogen-bond donors (Lipinski definition) is 1. The zero-order chi connectivity index (χ0) is 15.1. The number of rotatable bonds is 4. The van der Waals surface area contributed by atoms with Gasteiger partial charge in [0.2, 0.25) is 0 Å². The summed E-state index contributed by atoms with van der Waals surface area (Å²) in [6.45, 7) is 4.54. The summed E-state index contributed by atoms with van der Waals surface area (Å²) in [5.74, 6) is 0.457. The molecule has 2 rings (SSSR count). The average molecular weight is 286 g/mol. The highest BCUT2D eigenvalue weighted by Gasteiger charge is 2.09. The van der Waals surface area contributed by atoms with Gasteiger partial charge in [-0.25, -0.2) is 4.99 Å². The first kappa shape index (κ1) is 14.8. The van der Waals surface area contributed by atoms with Crippen molar-refractivity contribution < 1.29 is 13.9 Å². The molecule has 0 aliphatic heterocycles. The van der Waals surface area contributed by atoms with Crippen LogP contribution in [0.4, 0.5) is 0 Å².